The second kappa shape index (κ2) is 25.7. The van der Waals surface area contributed by atoms with Gasteiger partial charge in [-0.2, -0.15) is 9.59 Å². The first-order valence-electron chi connectivity index (χ1n) is 24.5. The minimum Gasteiger partial charge on any atom is -0.368 e. The van der Waals surface area contributed by atoms with Crippen molar-refractivity contribution in [2.75, 3.05) is 0 Å². The molecule has 2 saturated heterocycles. The zero-order valence-corrected chi connectivity index (χ0v) is 40.2. The van der Waals surface area contributed by atoms with Gasteiger partial charge in [0, 0.05) is 0 Å². The summed E-state index contributed by atoms with van der Waals surface area (Å²) in [5, 5.41) is 25.3. The van der Waals surface area contributed by atoms with Crippen molar-refractivity contribution in [3.05, 3.63) is 228 Å². The van der Waals surface area contributed by atoms with Crippen molar-refractivity contribution in [1.29, 1.82) is 0 Å². The van der Waals surface area contributed by atoms with Crippen LogP contribution in [0.5, 0.6) is 0 Å². The molecule has 0 aliphatic carbocycles. The van der Waals surface area contributed by atoms with Gasteiger partial charge in [-0.1, -0.05) is 182 Å². The van der Waals surface area contributed by atoms with E-state index in [1.807, 2.05) is 182 Å². The second-order valence-corrected chi connectivity index (χ2v) is 17.8. The molecule has 4 heterocycles. The lowest BCUT2D eigenvalue weighted by atomic mass is 9.96. The smallest absolute Gasteiger partial charge is 0.190 e. The van der Waals surface area contributed by atoms with Gasteiger partial charge in [-0.25, -0.2) is 0 Å². The molecule has 0 bridgehead atoms. The fraction of sp³-hybridized carbons (Fsp3) is 0.321. The van der Waals surface area contributed by atoms with Crippen LogP contribution >= 0.6 is 0 Å². The third-order valence-electron chi connectivity index (χ3n) is 12.6. The van der Waals surface area contributed by atoms with E-state index >= 15 is 0 Å². The molecule has 0 radical (unpaired) electrons. The highest BCUT2D eigenvalue weighted by atomic mass is 16.8. The molecular formula is C56H58N8O9. The summed E-state index contributed by atoms with van der Waals surface area (Å²) in [7, 11) is 0. The summed E-state index contributed by atoms with van der Waals surface area (Å²) in [6.45, 7) is 1.62. The normalized spacial score (nSPS) is 24.1. The molecule has 6 aromatic carbocycles. The van der Waals surface area contributed by atoms with Gasteiger partial charge in [0.2, 0.25) is 0 Å². The maximum atomic E-state index is 7.32. The molecule has 8 aromatic rings. The topological polar surface area (TPSA) is 170 Å². The second-order valence-electron chi connectivity index (χ2n) is 17.8. The molecule has 2 aromatic heterocycles. The fourth-order valence-corrected chi connectivity index (χ4v) is 9.00. The third kappa shape index (κ3) is 13.8. The Bertz CT molecular complexity index is 2570. The van der Waals surface area contributed by atoms with E-state index in [-0.39, 0.29) is 52.7 Å². The molecule has 2 aliphatic heterocycles. The summed E-state index contributed by atoms with van der Waals surface area (Å²) in [6, 6.07) is 59.7. The first-order chi connectivity index (χ1) is 36.2. The van der Waals surface area contributed by atoms with Gasteiger partial charge in [0.1, 0.15) is 48.8 Å². The number of hydrogen-bond acceptors (Lipinski definition) is 15. The Hall–Kier alpha value is -6.90. The molecule has 17 heteroatoms. The van der Waals surface area contributed by atoms with Gasteiger partial charge in [0.25, 0.3) is 0 Å². The van der Waals surface area contributed by atoms with Crippen LogP contribution in [0.4, 0.5) is 0 Å². The van der Waals surface area contributed by atoms with Crippen LogP contribution in [0.15, 0.2) is 195 Å². The average Bonchev–Trinajstić information content (AvgIpc) is 4.18. The Balaban J connectivity index is 1.05. The van der Waals surface area contributed by atoms with Crippen LogP contribution in [-0.4, -0.2) is 102 Å². The molecule has 0 spiro atoms. The van der Waals surface area contributed by atoms with E-state index in [0.717, 1.165) is 33.4 Å². The highest BCUT2D eigenvalue weighted by Gasteiger charge is 2.54. The van der Waals surface area contributed by atoms with Crippen LogP contribution in [0.1, 0.15) is 33.4 Å². The van der Waals surface area contributed by atoms with Crippen LogP contribution in [0, 0.1) is 0 Å². The summed E-state index contributed by atoms with van der Waals surface area (Å²) in [4.78, 5) is 2.93. The summed E-state index contributed by atoms with van der Waals surface area (Å²) in [5.41, 5.74) is 5.72. The zero-order valence-electron chi connectivity index (χ0n) is 40.2. The Morgan fingerprint density at radius 3 is 0.849 bits per heavy atom. The first kappa shape index (κ1) is 49.7. The lowest BCUT2D eigenvalue weighted by Gasteiger charge is -2.49. The molecule has 10 atom stereocenters. The van der Waals surface area contributed by atoms with Gasteiger partial charge in [-0.05, 0) is 43.8 Å². The van der Waals surface area contributed by atoms with Crippen molar-refractivity contribution < 1.29 is 42.6 Å². The Kier molecular flexibility index (Phi) is 17.5. The van der Waals surface area contributed by atoms with Crippen LogP contribution in [0.25, 0.3) is 0 Å². The van der Waals surface area contributed by atoms with Gasteiger partial charge in [0.05, 0.1) is 52.7 Å². The van der Waals surface area contributed by atoms with E-state index in [4.69, 9.17) is 42.6 Å². The number of benzene rings is 6. The summed E-state index contributed by atoms with van der Waals surface area (Å²) in [5.74, 6) is 0. The largest absolute Gasteiger partial charge is 0.368 e. The van der Waals surface area contributed by atoms with Crippen LogP contribution in [0.3, 0.4) is 0 Å². The van der Waals surface area contributed by atoms with E-state index in [1.165, 1.54) is 22.2 Å². The van der Waals surface area contributed by atoms with E-state index in [1.54, 1.807) is 0 Å². The molecule has 2 fully saturated rings. The molecule has 2 aliphatic rings. The quantitative estimate of drug-likeness (QED) is 0.0589. The zero-order chi connectivity index (χ0) is 49.3. The predicted molar refractivity (Wildman–Crippen MR) is 264 cm³/mol. The third-order valence-corrected chi connectivity index (χ3v) is 12.6. The Labute approximate surface area is 423 Å². The number of aromatic nitrogens is 8. The number of hydrogen-bond donors (Lipinski definition) is 0. The SMILES string of the molecule is c1ccc(CO[C@@H]2[C@@H](OCc3ccccc3)[C@@H](O[C@H]3O[C@H](Cn4ncnn4)[C@@H](OCc4ccccc4)[C@H](OCc4ccccc4)[C@H]3OCc3ccccc3)O[C@H](Cn3ncnn3)[C@H]2OCc2ccccc2)cc1. The number of rotatable bonds is 24. The predicted octanol–water partition coefficient (Wildman–Crippen LogP) is 7.34. The maximum absolute atomic E-state index is 7.32. The highest BCUT2D eigenvalue weighted by Crippen LogP contribution is 2.37. The molecule has 17 nitrogen and oxygen atoms in total. The average molecular weight is 987 g/mol. The maximum Gasteiger partial charge on any atom is 0.190 e. The lowest BCUT2D eigenvalue weighted by Crippen LogP contribution is -2.65. The Morgan fingerprint density at radius 2 is 0.589 bits per heavy atom. The lowest BCUT2D eigenvalue weighted by molar-refractivity contribution is -0.393. The van der Waals surface area contributed by atoms with Crippen LogP contribution < -0.4 is 0 Å². The van der Waals surface area contributed by atoms with E-state index in [2.05, 4.69) is 30.8 Å². The molecular weight excluding hydrogens is 929 g/mol. The molecule has 0 saturated carbocycles. The van der Waals surface area contributed by atoms with Crippen molar-refractivity contribution in [2.24, 2.45) is 0 Å². The van der Waals surface area contributed by atoms with E-state index < -0.39 is 61.4 Å². The monoisotopic (exact) mass is 986 g/mol. The summed E-state index contributed by atoms with van der Waals surface area (Å²) in [6.07, 6.45) is -6.04. The number of tetrazole rings is 2. The highest BCUT2D eigenvalue weighted by molar-refractivity contribution is 5.18. The van der Waals surface area contributed by atoms with Crippen molar-refractivity contribution in [3.8, 4) is 0 Å². The molecule has 73 heavy (non-hydrogen) atoms. The van der Waals surface area contributed by atoms with Gasteiger partial charge in [-0.3, -0.25) is 0 Å². The molecule has 10 rings (SSSR count). The minimum atomic E-state index is -1.18. The first-order valence-corrected chi connectivity index (χ1v) is 24.5. The van der Waals surface area contributed by atoms with Gasteiger partial charge in [0.15, 0.2) is 25.2 Å². The van der Waals surface area contributed by atoms with Crippen LogP contribution in [0.2, 0.25) is 0 Å². The van der Waals surface area contributed by atoms with Crippen LogP contribution in [-0.2, 0) is 95.4 Å². The molecule has 0 N–H and O–H groups in total. The summed E-state index contributed by atoms with van der Waals surface area (Å²) >= 11 is 0. The van der Waals surface area contributed by atoms with Gasteiger partial charge < -0.3 is 42.6 Å². The van der Waals surface area contributed by atoms with E-state index in [0.29, 0.717) is 0 Å². The van der Waals surface area contributed by atoms with Crippen molar-refractivity contribution in [1.82, 2.24) is 40.4 Å². The standard InChI is InChI=1S/C56H58N8O9/c1-7-19-41(20-8-1)33-65-49-47(31-63-59-39-57-61-63)71-55(53(69-37-45-27-15-5-16-28-45)51(49)67-35-43-23-11-3-12-24-43)73-56-54(70-38-46-29-17-6-18-30-46)52(68-36-44-25-13-4-14-26-44)50(66-34-42-21-9-2-10-22-42)48(72-56)32-64-60-40-58-62-64/h1-30,39-40,47-56H,31-38H2/t47-,48-,49-,50-,51+,52+,53-,54-,55-,56-/m1/s1. The van der Waals surface area contributed by atoms with E-state index in [9.17, 15) is 0 Å². The van der Waals surface area contributed by atoms with Gasteiger partial charge >= 0.3 is 0 Å². The molecule has 0 unspecified atom stereocenters. The number of nitrogens with zero attached hydrogens (tertiary/aromatic N) is 8. The van der Waals surface area contributed by atoms with Crippen molar-refractivity contribution in [2.45, 2.75) is 114 Å². The summed E-state index contributed by atoms with van der Waals surface area (Å²) < 4.78 is 63.6. The number of ether oxygens (including phenoxy) is 9. The minimum absolute atomic E-state index is 0.133. The van der Waals surface area contributed by atoms with Crippen molar-refractivity contribution in [3.63, 3.8) is 0 Å². The fourth-order valence-electron chi connectivity index (χ4n) is 9.00. The molecule has 376 valence electrons. The Morgan fingerprint density at radius 1 is 0.329 bits per heavy atom. The van der Waals surface area contributed by atoms with Crippen molar-refractivity contribution >= 4 is 0 Å². The van der Waals surface area contributed by atoms with Gasteiger partial charge in [-0.15, -0.1) is 20.4 Å². The molecule has 0 amide bonds.